The van der Waals surface area contributed by atoms with Gasteiger partial charge in [-0.2, -0.15) is 13.2 Å². The number of alkyl halides is 3. The molecule has 0 radical (unpaired) electrons. The van der Waals surface area contributed by atoms with Crippen LogP contribution in [-0.4, -0.2) is 72.8 Å². The number of methoxy groups -OCH3 is 1. The van der Waals surface area contributed by atoms with Gasteiger partial charge in [-0.25, -0.2) is 9.78 Å². The number of halogens is 3. The normalized spacial score (nSPS) is 18.8. The van der Waals surface area contributed by atoms with Gasteiger partial charge in [0.2, 0.25) is 0 Å². The van der Waals surface area contributed by atoms with Gasteiger partial charge >= 0.3 is 12.1 Å². The van der Waals surface area contributed by atoms with Crippen LogP contribution in [-0.2, 0) is 27.5 Å². The van der Waals surface area contributed by atoms with Gasteiger partial charge in [0.25, 0.3) is 5.56 Å². The smallest absolute Gasteiger partial charge is 0.383 e. The van der Waals surface area contributed by atoms with Crippen molar-refractivity contribution >= 4 is 17.5 Å². The molecule has 1 aromatic heterocycles. The fourth-order valence-electron chi connectivity index (χ4n) is 4.01. The lowest BCUT2D eigenvalue weighted by Gasteiger charge is -2.40. The average Bonchev–Trinajstić information content (AvgIpc) is 3.12. The van der Waals surface area contributed by atoms with Crippen LogP contribution in [0.25, 0.3) is 0 Å². The molecule has 2 aliphatic rings. The van der Waals surface area contributed by atoms with Crippen molar-refractivity contribution in [1.29, 1.82) is 0 Å². The summed E-state index contributed by atoms with van der Waals surface area (Å²) in [6, 6.07) is 9.19. The number of aromatic nitrogens is 2. The first-order chi connectivity index (χ1) is 16.3. The number of carbonyl (C=O) groups excluding carboxylic acids is 1. The molecule has 1 saturated heterocycles. The summed E-state index contributed by atoms with van der Waals surface area (Å²) in [6.45, 7) is 2.72. The number of nitrogens with one attached hydrogen (secondary N) is 1. The highest BCUT2D eigenvalue weighted by Gasteiger charge is 2.50. The maximum atomic E-state index is 13.4. The Balaban J connectivity index is 1.82. The summed E-state index contributed by atoms with van der Waals surface area (Å²) in [6.07, 6.45) is -4.98. The van der Waals surface area contributed by atoms with E-state index in [-0.39, 0.29) is 31.2 Å². The van der Waals surface area contributed by atoms with Gasteiger partial charge in [-0.1, -0.05) is 30.3 Å². The Morgan fingerprint density at radius 3 is 2.56 bits per heavy atom. The number of ether oxygens (including phenoxy) is 1. The number of fused-ring (bicyclic) bond motifs is 1. The van der Waals surface area contributed by atoms with E-state index < -0.39 is 24.0 Å². The minimum atomic E-state index is -5.21. The van der Waals surface area contributed by atoms with Crippen molar-refractivity contribution in [3.05, 3.63) is 52.6 Å². The molecule has 2 aromatic rings. The molecule has 34 heavy (non-hydrogen) atoms. The molecule has 0 amide bonds. The van der Waals surface area contributed by atoms with Crippen LogP contribution < -0.4 is 20.8 Å². The van der Waals surface area contributed by atoms with Crippen LogP contribution in [0.5, 0.6) is 0 Å². The first kappa shape index (κ1) is 24.0. The minimum absolute atomic E-state index is 0.0564. The molecule has 1 unspecified atom stereocenters. The predicted octanol–water partition coefficient (Wildman–Crippen LogP) is 0.926. The summed E-state index contributed by atoms with van der Waals surface area (Å²) < 4.78 is 45.8. The van der Waals surface area contributed by atoms with Crippen molar-refractivity contribution in [2.45, 2.75) is 25.6 Å². The van der Waals surface area contributed by atoms with Crippen LogP contribution in [0.2, 0.25) is 0 Å². The molecule has 10 nitrogen and oxygen atoms in total. The number of benzene rings is 1. The Labute approximate surface area is 193 Å². The minimum Gasteiger partial charge on any atom is -0.383 e. The van der Waals surface area contributed by atoms with E-state index in [4.69, 9.17) is 9.57 Å². The van der Waals surface area contributed by atoms with Crippen LogP contribution in [0.1, 0.15) is 5.56 Å². The van der Waals surface area contributed by atoms with E-state index in [1.807, 2.05) is 35.2 Å². The number of piperazine rings is 1. The van der Waals surface area contributed by atoms with Crippen molar-refractivity contribution in [2.24, 2.45) is 0 Å². The third-order valence-corrected chi connectivity index (χ3v) is 5.60. The molecule has 3 heterocycles. The summed E-state index contributed by atoms with van der Waals surface area (Å²) in [5.74, 6) is -2.53. The lowest BCUT2D eigenvalue weighted by atomic mass is 10.2. The molecular weight excluding hydrogens is 457 g/mol. The van der Waals surface area contributed by atoms with Gasteiger partial charge in [-0.3, -0.25) is 14.3 Å². The standard InChI is InChI=1S/C21H25F3N6O4/c1-33-12-11-28-14-26-17-16(18(28)31)29(13-15-5-3-2-4-6-15)20(27-9-7-25-8-10-27)30(17)34-19(32)21(22,23)24/h2-6,14,20,25H,7-13H2,1H3. The maximum Gasteiger partial charge on any atom is 0.493 e. The first-order valence-corrected chi connectivity index (χ1v) is 10.7. The topological polar surface area (TPSA) is 92.2 Å². The highest BCUT2D eigenvalue weighted by molar-refractivity contribution is 5.79. The van der Waals surface area contributed by atoms with Crippen molar-refractivity contribution in [3.8, 4) is 0 Å². The summed E-state index contributed by atoms with van der Waals surface area (Å²) in [7, 11) is 1.49. The first-order valence-electron chi connectivity index (χ1n) is 10.7. The lowest BCUT2D eigenvalue weighted by Crippen LogP contribution is -2.60. The second-order valence-corrected chi connectivity index (χ2v) is 7.86. The van der Waals surface area contributed by atoms with Gasteiger partial charge in [0, 0.05) is 39.8 Å². The number of hydroxylamine groups is 1. The molecule has 1 N–H and O–H groups in total. The van der Waals surface area contributed by atoms with Gasteiger partial charge in [0.1, 0.15) is 6.33 Å². The van der Waals surface area contributed by atoms with Crippen molar-refractivity contribution < 1.29 is 27.5 Å². The molecule has 2 aliphatic heterocycles. The van der Waals surface area contributed by atoms with Crippen LogP contribution in [0, 0.1) is 0 Å². The van der Waals surface area contributed by atoms with E-state index >= 15 is 0 Å². The highest BCUT2D eigenvalue weighted by Crippen LogP contribution is 2.38. The summed E-state index contributed by atoms with van der Waals surface area (Å²) in [5, 5.41) is 3.99. The molecule has 0 spiro atoms. The molecule has 4 rings (SSSR count). The molecule has 0 bridgehead atoms. The molecule has 1 fully saturated rings. The third kappa shape index (κ3) is 4.86. The fourth-order valence-corrected chi connectivity index (χ4v) is 4.01. The van der Waals surface area contributed by atoms with Crippen LogP contribution >= 0.6 is 0 Å². The van der Waals surface area contributed by atoms with E-state index in [0.29, 0.717) is 26.2 Å². The average molecular weight is 482 g/mol. The van der Waals surface area contributed by atoms with Gasteiger partial charge in [0.15, 0.2) is 17.8 Å². The van der Waals surface area contributed by atoms with Crippen LogP contribution in [0.3, 0.4) is 0 Å². The van der Waals surface area contributed by atoms with E-state index in [1.54, 1.807) is 4.90 Å². The Morgan fingerprint density at radius 1 is 1.21 bits per heavy atom. The number of rotatable bonds is 7. The Bertz CT molecular complexity index is 1060. The number of hydrogen-bond acceptors (Lipinski definition) is 9. The molecule has 13 heteroatoms. The highest BCUT2D eigenvalue weighted by atomic mass is 19.4. The summed E-state index contributed by atoms with van der Waals surface area (Å²) in [5.41, 5.74) is 0.411. The Kier molecular flexibility index (Phi) is 7.05. The number of hydrogen-bond donors (Lipinski definition) is 1. The zero-order valence-electron chi connectivity index (χ0n) is 18.5. The third-order valence-electron chi connectivity index (χ3n) is 5.60. The zero-order valence-corrected chi connectivity index (χ0v) is 18.5. The zero-order chi connectivity index (χ0) is 24.3. The number of nitrogens with zero attached hydrogens (tertiary/aromatic N) is 5. The predicted molar refractivity (Wildman–Crippen MR) is 116 cm³/mol. The van der Waals surface area contributed by atoms with Crippen molar-refractivity contribution in [1.82, 2.24) is 19.8 Å². The van der Waals surface area contributed by atoms with E-state index in [1.165, 1.54) is 18.0 Å². The summed E-state index contributed by atoms with van der Waals surface area (Å²) >= 11 is 0. The van der Waals surface area contributed by atoms with Crippen LogP contribution in [0.15, 0.2) is 41.5 Å². The van der Waals surface area contributed by atoms with Gasteiger partial charge in [-0.15, -0.1) is 5.06 Å². The molecule has 1 atom stereocenters. The second kappa shape index (κ2) is 9.99. The number of carbonyl (C=O) groups is 1. The quantitative estimate of drug-likeness (QED) is 0.619. The number of anilines is 2. The maximum absolute atomic E-state index is 13.4. The van der Waals surface area contributed by atoms with Crippen molar-refractivity contribution in [2.75, 3.05) is 49.9 Å². The van der Waals surface area contributed by atoms with Gasteiger partial charge in [0.05, 0.1) is 13.2 Å². The molecule has 184 valence electrons. The van der Waals surface area contributed by atoms with E-state index in [9.17, 15) is 22.8 Å². The van der Waals surface area contributed by atoms with E-state index in [2.05, 4.69) is 10.3 Å². The van der Waals surface area contributed by atoms with E-state index in [0.717, 1.165) is 10.6 Å². The van der Waals surface area contributed by atoms with Gasteiger partial charge < -0.3 is 19.8 Å². The fraction of sp³-hybridized carbons (Fsp3) is 0.476. The summed E-state index contributed by atoms with van der Waals surface area (Å²) in [4.78, 5) is 37.8. The van der Waals surface area contributed by atoms with Crippen LogP contribution in [0.4, 0.5) is 24.7 Å². The second-order valence-electron chi connectivity index (χ2n) is 7.86. The lowest BCUT2D eigenvalue weighted by molar-refractivity contribution is -0.203. The molecule has 1 aromatic carbocycles. The Morgan fingerprint density at radius 2 is 1.91 bits per heavy atom. The molecular formula is C21H25F3N6O4. The monoisotopic (exact) mass is 482 g/mol. The Hall–Kier alpha value is -3.16. The van der Waals surface area contributed by atoms with Crippen molar-refractivity contribution in [3.63, 3.8) is 0 Å². The molecule has 0 saturated carbocycles. The SMILES string of the molecule is COCCn1cnc2c(c1=O)N(Cc1ccccc1)C(N1CCNCC1)N2OC(=O)C(F)(F)F. The largest absolute Gasteiger partial charge is 0.493 e. The molecule has 0 aliphatic carbocycles. The van der Waals surface area contributed by atoms with Gasteiger partial charge in [-0.05, 0) is 5.56 Å².